The summed E-state index contributed by atoms with van der Waals surface area (Å²) < 4.78 is 17.5. The lowest BCUT2D eigenvalue weighted by molar-refractivity contribution is 0.389. The second-order valence-corrected chi connectivity index (χ2v) is 5.04. The fourth-order valence-corrected chi connectivity index (χ4v) is 2.53. The zero-order valence-electron chi connectivity index (χ0n) is 13.2. The van der Waals surface area contributed by atoms with Gasteiger partial charge in [-0.3, -0.25) is 4.68 Å². The molecule has 0 spiro atoms. The van der Waals surface area contributed by atoms with Crippen molar-refractivity contribution in [1.29, 1.82) is 0 Å². The second kappa shape index (κ2) is 6.08. The highest BCUT2D eigenvalue weighted by Crippen LogP contribution is 2.30. The van der Waals surface area contributed by atoms with E-state index in [0.29, 0.717) is 23.4 Å². The smallest absolute Gasteiger partial charge is 0.238 e. The van der Waals surface area contributed by atoms with E-state index in [1.807, 2.05) is 30.3 Å². The predicted octanol–water partition coefficient (Wildman–Crippen LogP) is 2.82. The molecule has 23 heavy (non-hydrogen) atoms. The number of benzene rings is 2. The van der Waals surface area contributed by atoms with E-state index in [4.69, 9.17) is 14.2 Å². The van der Waals surface area contributed by atoms with Gasteiger partial charge in [0.2, 0.25) is 5.88 Å². The van der Waals surface area contributed by atoms with Crippen LogP contribution in [0.4, 0.5) is 0 Å². The highest BCUT2D eigenvalue weighted by Gasteiger charge is 2.13. The zero-order chi connectivity index (χ0) is 16.4. The van der Waals surface area contributed by atoms with Crippen molar-refractivity contribution in [2.24, 2.45) is 0 Å². The fourth-order valence-electron chi connectivity index (χ4n) is 2.53. The van der Waals surface area contributed by atoms with Crippen molar-refractivity contribution in [2.75, 3.05) is 21.3 Å². The zero-order valence-corrected chi connectivity index (χ0v) is 13.2. The minimum Gasteiger partial charge on any atom is -0.497 e. The number of fused-ring (bicyclic) bond motifs is 1. The molecule has 0 atom stereocenters. The molecular formula is C17H18N2O4. The van der Waals surface area contributed by atoms with Crippen LogP contribution in [-0.2, 0) is 6.54 Å². The Bertz CT molecular complexity index is 842. The molecule has 120 valence electrons. The summed E-state index contributed by atoms with van der Waals surface area (Å²) >= 11 is 0. The molecule has 0 aliphatic rings. The first-order chi connectivity index (χ1) is 11.2. The summed E-state index contributed by atoms with van der Waals surface area (Å²) in [6.07, 6.45) is 0. The maximum absolute atomic E-state index is 10.1. The first kappa shape index (κ1) is 15.0. The molecular weight excluding hydrogens is 296 g/mol. The molecule has 0 amide bonds. The minimum atomic E-state index is -0.0219. The number of hydrogen-bond donors (Lipinski definition) is 1. The molecule has 1 heterocycles. The largest absolute Gasteiger partial charge is 0.497 e. The third-order valence-corrected chi connectivity index (χ3v) is 3.75. The molecule has 0 aliphatic heterocycles. The number of hydrogen-bond acceptors (Lipinski definition) is 5. The highest BCUT2D eigenvalue weighted by atomic mass is 16.5. The molecule has 0 bridgehead atoms. The molecule has 2 aromatic carbocycles. The number of aromatic hydroxyl groups is 1. The first-order valence-electron chi connectivity index (χ1n) is 7.10. The summed E-state index contributed by atoms with van der Waals surface area (Å²) in [5.41, 5.74) is 1.76. The average molecular weight is 314 g/mol. The van der Waals surface area contributed by atoms with Gasteiger partial charge in [-0.1, -0.05) is 0 Å². The van der Waals surface area contributed by atoms with Crippen molar-refractivity contribution in [3.63, 3.8) is 0 Å². The van der Waals surface area contributed by atoms with Crippen molar-refractivity contribution in [2.45, 2.75) is 6.54 Å². The first-order valence-corrected chi connectivity index (χ1v) is 7.10. The lowest BCUT2D eigenvalue weighted by Crippen LogP contribution is -2.03. The van der Waals surface area contributed by atoms with E-state index >= 15 is 0 Å². The van der Waals surface area contributed by atoms with Crippen LogP contribution in [0.15, 0.2) is 36.4 Å². The summed E-state index contributed by atoms with van der Waals surface area (Å²) in [6.45, 7) is 0.469. The Labute approximate surface area is 133 Å². The van der Waals surface area contributed by atoms with E-state index in [0.717, 1.165) is 16.8 Å². The summed E-state index contributed by atoms with van der Waals surface area (Å²) in [5, 5.41) is 14.9. The van der Waals surface area contributed by atoms with Crippen molar-refractivity contribution >= 4 is 10.9 Å². The second-order valence-electron chi connectivity index (χ2n) is 5.04. The average Bonchev–Trinajstić information content (AvgIpc) is 2.90. The van der Waals surface area contributed by atoms with Crippen LogP contribution in [0.25, 0.3) is 10.9 Å². The highest BCUT2D eigenvalue weighted by molar-refractivity contribution is 5.85. The lowest BCUT2D eigenvalue weighted by Gasteiger charge is -2.11. The molecule has 3 rings (SSSR count). The van der Waals surface area contributed by atoms with Gasteiger partial charge in [0.15, 0.2) is 0 Å². The molecule has 6 nitrogen and oxygen atoms in total. The fraction of sp³-hybridized carbons (Fsp3) is 0.235. The number of ether oxygens (including phenoxy) is 3. The maximum Gasteiger partial charge on any atom is 0.238 e. The van der Waals surface area contributed by atoms with Gasteiger partial charge >= 0.3 is 0 Å². The van der Waals surface area contributed by atoms with Gasteiger partial charge in [0, 0.05) is 11.6 Å². The van der Waals surface area contributed by atoms with Crippen LogP contribution < -0.4 is 14.2 Å². The molecule has 0 saturated heterocycles. The molecule has 1 aromatic heterocycles. The van der Waals surface area contributed by atoms with Crippen molar-refractivity contribution in [1.82, 2.24) is 9.78 Å². The Hall–Kier alpha value is -2.89. The number of nitrogens with zero attached hydrogens (tertiary/aromatic N) is 2. The topological polar surface area (TPSA) is 65.7 Å². The predicted molar refractivity (Wildman–Crippen MR) is 86.6 cm³/mol. The monoisotopic (exact) mass is 314 g/mol. The quantitative estimate of drug-likeness (QED) is 0.784. The van der Waals surface area contributed by atoms with E-state index in [-0.39, 0.29) is 5.88 Å². The van der Waals surface area contributed by atoms with Crippen molar-refractivity contribution < 1.29 is 19.3 Å². The van der Waals surface area contributed by atoms with Gasteiger partial charge in [-0.15, -0.1) is 5.10 Å². The summed E-state index contributed by atoms with van der Waals surface area (Å²) in [4.78, 5) is 0. The van der Waals surface area contributed by atoms with E-state index in [2.05, 4.69) is 5.10 Å². The summed E-state index contributed by atoms with van der Waals surface area (Å²) in [5.74, 6) is 2.09. The SMILES string of the molecule is COc1ccc(Cn2nc(O)c3cc(OC)ccc32)c(OC)c1. The summed E-state index contributed by atoms with van der Waals surface area (Å²) in [7, 11) is 4.81. The Balaban J connectivity index is 2.02. The van der Waals surface area contributed by atoms with Crippen molar-refractivity contribution in [3.05, 3.63) is 42.0 Å². The Morgan fingerprint density at radius 2 is 1.65 bits per heavy atom. The molecule has 0 aliphatic carbocycles. The summed E-state index contributed by atoms with van der Waals surface area (Å²) in [6, 6.07) is 11.1. The van der Waals surface area contributed by atoms with Gasteiger partial charge in [0.25, 0.3) is 0 Å². The van der Waals surface area contributed by atoms with Crippen LogP contribution in [0.5, 0.6) is 23.1 Å². The number of methoxy groups -OCH3 is 3. The molecule has 3 aromatic rings. The molecule has 1 N–H and O–H groups in total. The maximum atomic E-state index is 10.1. The minimum absolute atomic E-state index is 0.0219. The number of rotatable bonds is 5. The van der Waals surface area contributed by atoms with Gasteiger partial charge in [-0.2, -0.15) is 0 Å². The third kappa shape index (κ3) is 2.75. The Morgan fingerprint density at radius 1 is 0.957 bits per heavy atom. The lowest BCUT2D eigenvalue weighted by atomic mass is 10.2. The van der Waals surface area contributed by atoms with Crippen LogP contribution in [0.3, 0.4) is 0 Å². The van der Waals surface area contributed by atoms with Crippen LogP contribution in [0.1, 0.15) is 5.56 Å². The molecule has 0 saturated carbocycles. The van der Waals surface area contributed by atoms with Crippen LogP contribution in [0, 0.1) is 0 Å². The van der Waals surface area contributed by atoms with Gasteiger partial charge in [0.1, 0.15) is 17.2 Å². The molecule has 6 heteroatoms. The van der Waals surface area contributed by atoms with Gasteiger partial charge in [-0.25, -0.2) is 0 Å². The molecule has 0 radical (unpaired) electrons. The van der Waals surface area contributed by atoms with Gasteiger partial charge in [-0.05, 0) is 30.3 Å². The van der Waals surface area contributed by atoms with Crippen molar-refractivity contribution in [3.8, 4) is 23.1 Å². The van der Waals surface area contributed by atoms with E-state index in [1.54, 1.807) is 32.1 Å². The number of aromatic nitrogens is 2. The van der Waals surface area contributed by atoms with E-state index in [9.17, 15) is 5.11 Å². The Kier molecular flexibility index (Phi) is 3.97. The molecule has 0 unspecified atom stereocenters. The molecule has 0 fully saturated rings. The van der Waals surface area contributed by atoms with Crippen LogP contribution in [0.2, 0.25) is 0 Å². The van der Waals surface area contributed by atoms with Gasteiger partial charge in [0.05, 0.1) is 38.8 Å². The van der Waals surface area contributed by atoms with Gasteiger partial charge < -0.3 is 19.3 Å². The Morgan fingerprint density at radius 3 is 2.35 bits per heavy atom. The van der Waals surface area contributed by atoms with E-state index in [1.165, 1.54) is 0 Å². The van der Waals surface area contributed by atoms with E-state index < -0.39 is 0 Å². The third-order valence-electron chi connectivity index (χ3n) is 3.75. The standard InChI is InChI=1S/C17H18N2O4/c1-21-12-6-7-15-14(8-12)17(20)18-19(15)10-11-4-5-13(22-2)9-16(11)23-3/h4-9H,10H2,1-3H3,(H,18,20). The van der Waals surface area contributed by atoms with Crippen LogP contribution >= 0.6 is 0 Å². The normalized spacial score (nSPS) is 10.7. The van der Waals surface area contributed by atoms with Crippen LogP contribution in [-0.4, -0.2) is 36.2 Å².